The van der Waals surface area contributed by atoms with Crippen molar-refractivity contribution in [1.29, 1.82) is 0 Å². The maximum Gasteiger partial charge on any atom is 0.318 e. The second-order valence-electron chi connectivity index (χ2n) is 4.01. The number of aromatic nitrogens is 2. The van der Waals surface area contributed by atoms with Gasteiger partial charge in [0.25, 0.3) is 0 Å². The van der Waals surface area contributed by atoms with Gasteiger partial charge in [0.15, 0.2) is 0 Å². The highest BCUT2D eigenvalue weighted by Gasteiger charge is 2.18. The van der Waals surface area contributed by atoms with Crippen molar-refractivity contribution in [1.82, 2.24) is 15.5 Å². The molecule has 0 saturated heterocycles. The fraction of sp³-hybridized carbons (Fsp3) is 0.818. The minimum absolute atomic E-state index is 0.0938. The lowest BCUT2D eigenvalue weighted by Gasteiger charge is -2.23. The van der Waals surface area contributed by atoms with Gasteiger partial charge < -0.3 is 14.6 Å². The summed E-state index contributed by atoms with van der Waals surface area (Å²) in [5.41, 5.74) is 0. The van der Waals surface area contributed by atoms with Gasteiger partial charge in [-0.3, -0.25) is 0 Å². The van der Waals surface area contributed by atoms with E-state index >= 15 is 0 Å². The Bertz CT molecular complexity index is 309. The zero-order valence-electron chi connectivity index (χ0n) is 10.8. The molecule has 0 fully saturated rings. The number of hydrogen-bond acceptors (Lipinski definition) is 5. The van der Waals surface area contributed by atoms with E-state index in [4.69, 9.17) is 4.42 Å². The van der Waals surface area contributed by atoms with Crippen LogP contribution in [0.5, 0.6) is 0 Å². The molecule has 0 aliphatic carbocycles. The Hall–Kier alpha value is -1.10. The molecule has 5 heteroatoms. The first-order valence-corrected chi connectivity index (χ1v) is 5.87. The second kappa shape index (κ2) is 5.84. The van der Waals surface area contributed by atoms with E-state index < -0.39 is 0 Å². The summed E-state index contributed by atoms with van der Waals surface area (Å²) in [6, 6.07) is 1.15. The van der Waals surface area contributed by atoms with Gasteiger partial charge in [-0.2, -0.15) is 0 Å². The first kappa shape index (κ1) is 13.0. The van der Waals surface area contributed by atoms with Crippen molar-refractivity contribution < 1.29 is 4.42 Å². The smallest absolute Gasteiger partial charge is 0.318 e. The van der Waals surface area contributed by atoms with Gasteiger partial charge in [0, 0.05) is 13.1 Å². The van der Waals surface area contributed by atoms with Gasteiger partial charge in [0.2, 0.25) is 5.89 Å². The van der Waals surface area contributed by atoms with Crippen LogP contribution in [-0.4, -0.2) is 30.3 Å². The predicted molar refractivity (Wildman–Crippen MR) is 64.5 cm³/mol. The number of nitrogens with one attached hydrogen (secondary N) is 1. The third kappa shape index (κ3) is 2.72. The summed E-state index contributed by atoms with van der Waals surface area (Å²) in [7, 11) is 3.87. The Balaban J connectivity index is 2.76. The molecule has 1 aromatic heterocycles. The molecule has 1 atom stereocenters. The SMILES string of the molecule is CCC(CC)N(C)c1nnc(C(C)NC)o1. The third-order valence-corrected chi connectivity index (χ3v) is 3.03. The van der Waals surface area contributed by atoms with Crippen LogP contribution in [0.1, 0.15) is 45.5 Å². The lowest BCUT2D eigenvalue weighted by atomic mass is 10.1. The number of hydrogen-bond donors (Lipinski definition) is 1. The molecule has 0 amide bonds. The topological polar surface area (TPSA) is 54.2 Å². The molecule has 16 heavy (non-hydrogen) atoms. The van der Waals surface area contributed by atoms with Crippen molar-refractivity contribution in [3.63, 3.8) is 0 Å². The first-order chi connectivity index (χ1) is 7.63. The van der Waals surface area contributed by atoms with E-state index in [1.165, 1.54) is 0 Å². The van der Waals surface area contributed by atoms with Crippen molar-refractivity contribution >= 4 is 6.01 Å². The van der Waals surface area contributed by atoms with Crippen molar-refractivity contribution in [2.75, 3.05) is 19.0 Å². The van der Waals surface area contributed by atoms with E-state index in [2.05, 4.69) is 34.3 Å². The van der Waals surface area contributed by atoms with Gasteiger partial charge in [0.05, 0.1) is 6.04 Å². The predicted octanol–water partition coefficient (Wildman–Crippen LogP) is 1.97. The number of anilines is 1. The molecule has 1 unspecified atom stereocenters. The van der Waals surface area contributed by atoms with Gasteiger partial charge in [-0.15, -0.1) is 5.10 Å². The van der Waals surface area contributed by atoms with Crippen LogP contribution in [0.4, 0.5) is 6.01 Å². The van der Waals surface area contributed by atoms with E-state index in [-0.39, 0.29) is 6.04 Å². The van der Waals surface area contributed by atoms with Crippen LogP contribution in [0.15, 0.2) is 4.42 Å². The van der Waals surface area contributed by atoms with Crippen molar-refractivity contribution in [3.05, 3.63) is 5.89 Å². The quantitative estimate of drug-likeness (QED) is 0.803. The van der Waals surface area contributed by atoms with E-state index in [0.29, 0.717) is 17.9 Å². The summed E-state index contributed by atoms with van der Waals surface area (Å²) in [5.74, 6) is 0.635. The van der Waals surface area contributed by atoms with Crippen molar-refractivity contribution in [2.24, 2.45) is 0 Å². The van der Waals surface area contributed by atoms with E-state index in [1.54, 1.807) is 0 Å². The van der Waals surface area contributed by atoms with Crippen LogP contribution in [-0.2, 0) is 0 Å². The Labute approximate surface area is 97.2 Å². The summed E-state index contributed by atoms with van der Waals surface area (Å²) < 4.78 is 5.62. The number of rotatable bonds is 6. The van der Waals surface area contributed by atoms with Crippen molar-refractivity contribution in [2.45, 2.75) is 45.7 Å². The van der Waals surface area contributed by atoms with Gasteiger partial charge in [0.1, 0.15) is 0 Å². The average molecular weight is 226 g/mol. The van der Waals surface area contributed by atoms with Crippen LogP contribution in [0.25, 0.3) is 0 Å². The van der Waals surface area contributed by atoms with E-state index in [0.717, 1.165) is 12.8 Å². The molecule has 0 aliphatic rings. The van der Waals surface area contributed by atoms with Crippen LogP contribution in [0.2, 0.25) is 0 Å². The molecule has 0 aromatic carbocycles. The normalized spacial score (nSPS) is 13.1. The van der Waals surface area contributed by atoms with Crippen LogP contribution in [0.3, 0.4) is 0 Å². The zero-order chi connectivity index (χ0) is 12.1. The Morgan fingerprint density at radius 1 is 1.31 bits per heavy atom. The molecule has 0 spiro atoms. The molecule has 0 radical (unpaired) electrons. The average Bonchev–Trinajstić information content (AvgIpc) is 2.78. The summed E-state index contributed by atoms with van der Waals surface area (Å²) >= 11 is 0. The summed E-state index contributed by atoms with van der Waals surface area (Å²) in [5, 5.41) is 11.2. The summed E-state index contributed by atoms with van der Waals surface area (Å²) in [6.07, 6.45) is 2.15. The van der Waals surface area contributed by atoms with Gasteiger partial charge >= 0.3 is 6.01 Å². The lowest BCUT2D eigenvalue weighted by Crippen LogP contribution is -2.30. The number of nitrogens with zero attached hydrogens (tertiary/aromatic N) is 3. The van der Waals surface area contributed by atoms with Gasteiger partial charge in [-0.05, 0) is 26.8 Å². The fourth-order valence-corrected chi connectivity index (χ4v) is 1.66. The zero-order valence-corrected chi connectivity index (χ0v) is 10.8. The standard InChI is InChI=1S/C11H22N4O/c1-6-9(7-2)15(5)11-14-13-10(16-11)8(3)12-4/h8-9,12H,6-7H2,1-5H3. The maximum atomic E-state index is 5.62. The first-order valence-electron chi connectivity index (χ1n) is 5.87. The molecule has 0 aliphatic heterocycles. The highest BCUT2D eigenvalue weighted by Crippen LogP contribution is 2.19. The molecular weight excluding hydrogens is 204 g/mol. The molecule has 1 aromatic rings. The van der Waals surface area contributed by atoms with E-state index in [1.807, 2.05) is 21.0 Å². The van der Waals surface area contributed by atoms with Crippen LogP contribution in [0, 0.1) is 0 Å². The van der Waals surface area contributed by atoms with Gasteiger partial charge in [-0.1, -0.05) is 18.9 Å². The maximum absolute atomic E-state index is 5.62. The van der Waals surface area contributed by atoms with Gasteiger partial charge in [-0.25, -0.2) is 0 Å². The largest absolute Gasteiger partial charge is 0.406 e. The van der Waals surface area contributed by atoms with Crippen LogP contribution >= 0.6 is 0 Å². The Morgan fingerprint density at radius 2 is 1.94 bits per heavy atom. The third-order valence-electron chi connectivity index (χ3n) is 3.03. The highest BCUT2D eigenvalue weighted by atomic mass is 16.4. The fourth-order valence-electron chi connectivity index (χ4n) is 1.66. The highest BCUT2D eigenvalue weighted by molar-refractivity contribution is 5.24. The Morgan fingerprint density at radius 3 is 2.44 bits per heavy atom. The molecule has 1 heterocycles. The molecular formula is C11H22N4O. The molecule has 0 saturated carbocycles. The monoisotopic (exact) mass is 226 g/mol. The lowest BCUT2D eigenvalue weighted by molar-refractivity contribution is 0.421. The van der Waals surface area contributed by atoms with Crippen LogP contribution < -0.4 is 10.2 Å². The summed E-state index contributed by atoms with van der Waals surface area (Å²) in [6.45, 7) is 6.32. The van der Waals surface area contributed by atoms with Crippen molar-refractivity contribution in [3.8, 4) is 0 Å². The van der Waals surface area contributed by atoms with E-state index in [9.17, 15) is 0 Å². The second-order valence-corrected chi connectivity index (χ2v) is 4.01. The summed E-state index contributed by atoms with van der Waals surface area (Å²) in [4.78, 5) is 2.05. The minimum Gasteiger partial charge on any atom is -0.406 e. The molecule has 5 nitrogen and oxygen atoms in total. The molecule has 0 bridgehead atoms. The molecule has 1 rings (SSSR count). The molecule has 1 N–H and O–H groups in total. The minimum atomic E-state index is 0.0938. The molecule has 92 valence electrons. The Kier molecular flexibility index (Phi) is 4.73.